The first-order valence-corrected chi connectivity index (χ1v) is 5.52. The first-order chi connectivity index (χ1) is 7.29. The van der Waals surface area contributed by atoms with Gasteiger partial charge in [-0.05, 0) is 11.8 Å². The Labute approximate surface area is 89.7 Å². The number of nitrogens with zero attached hydrogens (tertiary/aromatic N) is 2. The Hall–Kier alpha value is -1.32. The molecule has 1 aromatic heterocycles. The first-order valence-electron chi connectivity index (χ1n) is 5.52. The van der Waals surface area contributed by atoms with Crippen molar-refractivity contribution in [1.82, 2.24) is 14.9 Å². The Morgan fingerprint density at radius 3 is 3.13 bits per heavy atom. The number of imidazole rings is 1. The summed E-state index contributed by atoms with van der Waals surface area (Å²) < 4.78 is 2.09. The second-order valence-corrected chi connectivity index (χ2v) is 4.20. The Bertz CT molecular complexity index is 321. The van der Waals surface area contributed by atoms with E-state index in [2.05, 4.69) is 21.8 Å². The quantitative estimate of drug-likeness (QED) is 0.802. The van der Waals surface area contributed by atoms with E-state index in [9.17, 15) is 4.79 Å². The number of hydrogen-bond donors (Lipinski definition) is 1. The maximum Gasteiger partial charge on any atom is 0.220 e. The predicted octanol–water partition coefficient (Wildman–Crippen LogP) is 1.05. The smallest absolute Gasteiger partial charge is 0.220 e. The average molecular weight is 207 g/mol. The summed E-state index contributed by atoms with van der Waals surface area (Å²) in [7, 11) is 0. The summed E-state index contributed by atoms with van der Waals surface area (Å²) in [4.78, 5) is 15.2. The highest BCUT2D eigenvalue weighted by Gasteiger charge is 2.28. The maximum atomic E-state index is 11.1. The van der Waals surface area contributed by atoms with Gasteiger partial charge in [0.2, 0.25) is 5.91 Å². The van der Waals surface area contributed by atoms with Gasteiger partial charge in [0.1, 0.15) is 0 Å². The molecule has 0 bridgehead atoms. The number of nitrogens with one attached hydrogen (secondary N) is 1. The van der Waals surface area contributed by atoms with E-state index in [0.717, 1.165) is 19.5 Å². The van der Waals surface area contributed by atoms with Crippen LogP contribution in [0, 0.1) is 11.8 Å². The van der Waals surface area contributed by atoms with Crippen LogP contribution in [0.25, 0.3) is 0 Å². The Kier molecular flexibility index (Phi) is 3.04. The van der Waals surface area contributed by atoms with E-state index in [4.69, 9.17) is 0 Å². The molecule has 2 rings (SSSR count). The molecule has 0 radical (unpaired) electrons. The summed E-state index contributed by atoms with van der Waals surface area (Å²) in [6.07, 6.45) is 7.41. The standard InChI is InChI=1S/C11H17N3O/c1-2-9(7-14-4-3-12-8-14)10-5-11(15)13-6-10/h3-4,8-10H,2,5-7H2,1H3,(H,13,15). The number of rotatable bonds is 4. The molecule has 1 aromatic rings. The minimum Gasteiger partial charge on any atom is -0.356 e. The Morgan fingerprint density at radius 2 is 2.60 bits per heavy atom. The van der Waals surface area contributed by atoms with Gasteiger partial charge in [-0.3, -0.25) is 4.79 Å². The molecule has 0 aliphatic carbocycles. The molecule has 1 aliphatic rings. The fraction of sp³-hybridized carbons (Fsp3) is 0.636. The monoisotopic (exact) mass is 207 g/mol. The molecule has 0 saturated carbocycles. The van der Waals surface area contributed by atoms with Crippen molar-refractivity contribution in [2.45, 2.75) is 26.3 Å². The second kappa shape index (κ2) is 4.47. The van der Waals surface area contributed by atoms with Gasteiger partial charge in [0.25, 0.3) is 0 Å². The van der Waals surface area contributed by atoms with Crippen LogP contribution in [-0.2, 0) is 11.3 Å². The molecule has 4 heteroatoms. The van der Waals surface area contributed by atoms with Crippen molar-refractivity contribution < 1.29 is 4.79 Å². The van der Waals surface area contributed by atoms with Crippen LogP contribution in [0.5, 0.6) is 0 Å². The van der Waals surface area contributed by atoms with Crippen molar-refractivity contribution in [2.24, 2.45) is 11.8 Å². The van der Waals surface area contributed by atoms with Gasteiger partial charge in [-0.1, -0.05) is 13.3 Å². The molecule has 15 heavy (non-hydrogen) atoms. The van der Waals surface area contributed by atoms with Gasteiger partial charge in [0.05, 0.1) is 6.33 Å². The van der Waals surface area contributed by atoms with Crippen molar-refractivity contribution >= 4 is 5.91 Å². The maximum absolute atomic E-state index is 11.1. The van der Waals surface area contributed by atoms with E-state index >= 15 is 0 Å². The molecule has 82 valence electrons. The summed E-state index contributed by atoms with van der Waals surface area (Å²) in [5.41, 5.74) is 0. The molecule has 2 heterocycles. The van der Waals surface area contributed by atoms with Gasteiger partial charge in [-0.2, -0.15) is 0 Å². The van der Waals surface area contributed by atoms with Crippen LogP contribution in [0.15, 0.2) is 18.7 Å². The number of carbonyl (C=O) groups excluding carboxylic acids is 1. The zero-order valence-corrected chi connectivity index (χ0v) is 9.02. The summed E-state index contributed by atoms with van der Waals surface area (Å²) in [5, 5.41) is 2.90. The summed E-state index contributed by atoms with van der Waals surface area (Å²) in [5.74, 6) is 1.26. The SMILES string of the molecule is CCC(Cn1ccnc1)C1CNC(=O)C1. The molecular weight excluding hydrogens is 190 g/mol. The average Bonchev–Trinajstić information content (AvgIpc) is 2.85. The number of aromatic nitrogens is 2. The van der Waals surface area contributed by atoms with Crippen molar-refractivity contribution in [3.8, 4) is 0 Å². The lowest BCUT2D eigenvalue weighted by Gasteiger charge is -2.20. The molecule has 1 saturated heterocycles. The van der Waals surface area contributed by atoms with Crippen LogP contribution in [0.3, 0.4) is 0 Å². The minimum atomic E-state index is 0.198. The largest absolute Gasteiger partial charge is 0.356 e. The normalized spacial score (nSPS) is 22.7. The molecule has 2 unspecified atom stereocenters. The first kappa shape index (κ1) is 10.2. The summed E-state index contributed by atoms with van der Waals surface area (Å²) >= 11 is 0. The molecular formula is C11H17N3O. The third-order valence-corrected chi connectivity index (χ3v) is 3.20. The molecule has 1 fully saturated rings. The number of carbonyl (C=O) groups is 1. The molecule has 1 aliphatic heterocycles. The molecule has 0 aromatic carbocycles. The highest BCUT2D eigenvalue weighted by atomic mass is 16.1. The lowest BCUT2D eigenvalue weighted by Crippen LogP contribution is -2.21. The van der Waals surface area contributed by atoms with Gasteiger partial charge in [-0.25, -0.2) is 4.98 Å². The van der Waals surface area contributed by atoms with Crippen LogP contribution in [0.1, 0.15) is 19.8 Å². The van der Waals surface area contributed by atoms with E-state index in [1.165, 1.54) is 0 Å². The van der Waals surface area contributed by atoms with E-state index in [0.29, 0.717) is 18.3 Å². The lowest BCUT2D eigenvalue weighted by atomic mass is 9.89. The highest BCUT2D eigenvalue weighted by Crippen LogP contribution is 2.24. The van der Waals surface area contributed by atoms with Crippen LogP contribution >= 0.6 is 0 Å². The van der Waals surface area contributed by atoms with E-state index in [-0.39, 0.29) is 5.91 Å². The van der Waals surface area contributed by atoms with Gasteiger partial charge in [0, 0.05) is 31.9 Å². The molecule has 0 spiro atoms. The van der Waals surface area contributed by atoms with Crippen molar-refractivity contribution in [3.05, 3.63) is 18.7 Å². The van der Waals surface area contributed by atoms with E-state index in [1.54, 1.807) is 6.20 Å². The third-order valence-electron chi connectivity index (χ3n) is 3.20. The fourth-order valence-corrected chi connectivity index (χ4v) is 2.24. The van der Waals surface area contributed by atoms with E-state index < -0.39 is 0 Å². The fourth-order valence-electron chi connectivity index (χ4n) is 2.24. The van der Waals surface area contributed by atoms with E-state index in [1.807, 2.05) is 12.5 Å². The van der Waals surface area contributed by atoms with Crippen molar-refractivity contribution in [3.63, 3.8) is 0 Å². The van der Waals surface area contributed by atoms with Crippen LogP contribution in [-0.4, -0.2) is 22.0 Å². The zero-order chi connectivity index (χ0) is 10.7. The van der Waals surface area contributed by atoms with Gasteiger partial charge in [0.15, 0.2) is 0 Å². The third kappa shape index (κ3) is 2.37. The van der Waals surface area contributed by atoms with Gasteiger partial charge >= 0.3 is 0 Å². The molecule has 1 N–H and O–H groups in total. The molecule has 2 atom stereocenters. The number of amides is 1. The minimum absolute atomic E-state index is 0.198. The van der Waals surface area contributed by atoms with Crippen LogP contribution in [0.2, 0.25) is 0 Å². The zero-order valence-electron chi connectivity index (χ0n) is 9.02. The highest BCUT2D eigenvalue weighted by molar-refractivity contribution is 5.78. The van der Waals surface area contributed by atoms with Crippen LogP contribution in [0.4, 0.5) is 0 Å². The van der Waals surface area contributed by atoms with Crippen molar-refractivity contribution in [1.29, 1.82) is 0 Å². The van der Waals surface area contributed by atoms with Crippen molar-refractivity contribution in [2.75, 3.05) is 6.54 Å². The van der Waals surface area contributed by atoms with Gasteiger partial charge < -0.3 is 9.88 Å². The Morgan fingerprint density at radius 1 is 1.73 bits per heavy atom. The predicted molar refractivity (Wildman–Crippen MR) is 57.1 cm³/mol. The Balaban J connectivity index is 1.95. The number of hydrogen-bond acceptors (Lipinski definition) is 2. The van der Waals surface area contributed by atoms with Crippen LogP contribution < -0.4 is 5.32 Å². The molecule has 1 amide bonds. The summed E-state index contributed by atoms with van der Waals surface area (Å²) in [6, 6.07) is 0. The topological polar surface area (TPSA) is 46.9 Å². The second-order valence-electron chi connectivity index (χ2n) is 4.20. The van der Waals surface area contributed by atoms with Gasteiger partial charge in [-0.15, -0.1) is 0 Å². The summed E-state index contributed by atoms with van der Waals surface area (Å²) in [6.45, 7) is 3.99. The molecule has 4 nitrogen and oxygen atoms in total. The lowest BCUT2D eigenvalue weighted by molar-refractivity contribution is -0.119.